The van der Waals surface area contributed by atoms with E-state index >= 15 is 0 Å². The van der Waals surface area contributed by atoms with Crippen molar-refractivity contribution in [2.24, 2.45) is 0 Å². The average Bonchev–Trinajstić information content (AvgIpc) is 2.99. The Morgan fingerprint density at radius 2 is 2.00 bits per heavy atom. The number of fused-ring (bicyclic) bond motifs is 1. The van der Waals surface area contributed by atoms with Crippen molar-refractivity contribution in [3.63, 3.8) is 0 Å². The summed E-state index contributed by atoms with van der Waals surface area (Å²) in [6, 6.07) is 7.53. The van der Waals surface area contributed by atoms with Crippen LogP contribution in [0.15, 0.2) is 29.2 Å². The molecule has 0 radical (unpaired) electrons. The second-order valence-corrected chi connectivity index (χ2v) is 10.1. The van der Waals surface area contributed by atoms with Gasteiger partial charge in [-0.15, -0.1) is 0 Å². The van der Waals surface area contributed by atoms with E-state index in [-0.39, 0.29) is 25.0 Å². The molecule has 1 fully saturated rings. The molecule has 10 heteroatoms. The predicted octanol–water partition coefficient (Wildman–Crippen LogP) is 3.60. The van der Waals surface area contributed by atoms with Crippen molar-refractivity contribution in [3.05, 3.63) is 29.8 Å². The number of hydrogen-bond donors (Lipinski definition) is 2. The Morgan fingerprint density at radius 3 is 2.63 bits per heavy atom. The van der Waals surface area contributed by atoms with E-state index in [2.05, 4.69) is 20.4 Å². The number of H-pyrrole nitrogens is 1. The van der Waals surface area contributed by atoms with Crippen LogP contribution in [0.2, 0.25) is 0 Å². The lowest BCUT2D eigenvalue weighted by atomic mass is 10.1. The zero-order valence-corrected chi connectivity index (χ0v) is 18.3. The van der Waals surface area contributed by atoms with Gasteiger partial charge in [0.05, 0.1) is 23.9 Å². The molecule has 2 aromatic heterocycles. The maximum atomic E-state index is 13.8. The minimum Gasteiger partial charge on any atom is -0.350 e. The van der Waals surface area contributed by atoms with E-state index in [1.54, 1.807) is 11.2 Å². The maximum absolute atomic E-state index is 13.8. The van der Waals surface area contributed by atoms with Crippen molar-refractivity contribution in [1.29, 1.82) is 0 Å². The van der Waals surface area contributed by atoms with Crippen molar-refractivity contribution in [1.82, 2.24) is 19.7 Å². The fraction of sp³-hybridized carbons (Fsp3) is 0.500. The number of aromatic nitrogens is 4. The second-order valence-electron chi connectivity index (χ2n) is 8.73. The molecule has 0 aliphatic carbocycles. The second kappa shape index (κ2) is 7.33. The summed E-state index contributed by atoms with van der Waals surface area (Å²) in [7, 11) is -1.12. The highest BCUT2D eigenvalue weighted by Gasteiger charge is 2.40. The van der Waals surface area contributed by atoms with Crippen LogP contribution in [0.25, 0.3) is 11.2 Å². The first-order valence-corrected chi connectivity index (χ1v) is 11.4. The van der Waals surface area contributed by atoms with Crippen LogP contribution >= 0.6 is 0 Å². The summed E-state index contributed by atoms with van der Waals surface area (Å²) in [5, 5.41) is 6.44. The Kier molecular flexibility index (Phi) is 5.08. The van der Waals surface area contributed by atoms with Crippen molar-refractivity contribution in [2.45, 2.75) is 50.1 Å². The number of nitrogens with zero attached hydrogens (tertiary/aromatic N) is 4. The molecule has 1 aliphatic rings. The zero-order valence-electron chi connectivity index (χ0n) is 17.5. The van der Waals surface area contributed by atoms with E-state index in [1.807, 2.05) is 49.7 Å². The van der Waals surface area contributed by atoms with Crippen LogP contribution in [0, 0.1) is 0 Å². The van der Waals surface area contributed by atoms with Crippen LogP contribution < -0.4 is 10.2 Å². The van der Waals surface area contributed by atoms with E-state index < -0.39 is 16.7 Å². The minimum absolute atomic E-state index is 0.187. The van der Waals surface area contributed by atoms with Gasteiger partial charge in [0.1, 0.15) is 5.52 Å². The molecule has 1 saturated heterocycles. The van der Waals surface area contributed by atoms with Crippen LogP contribution in [0.3, 0.4) is 0 Å². The molecule has 30 heavy (non-hydrogen) atoms. The summed E-state index contributed by atoms with van der Waals surface area (Å²) in [4.78, 5) is 11.5. The molecule has 1 unspecified atom stereocenters. The fourth-order valence-electron chi connectivity index (χ4n) is 3.60. The summed E-state index contributed by atoms with van der Waals surface area (Å²) in [5.41, 5.74) is 1.91. The molecule has 1 aliphatic heterocycles. The summed E-state index contributed by atoms with van der Waals surface area (Å²) in [6.45, 7) is 6.30. The van der Waals surface area contributed by atoms with E-state index in [9.17, 15) is 13.0 Å². The molecule has 0 spiro atoms. The molecular formula is C20H26F2N6OS. The van der Waals surface area contributed by atoms with Crippen molar-refractivity contribution < 1.29 is 13.0 Å². The predicted molar refractivity (Wildman–Crippen MR) is 115 cm³/mol. The van der Waals surface area contributed by atoms with Gasteiger partial charge in [0, 0.05) is 29.7 Å². The molecule has 0 bridgehead atoms. The summed E-state index contributed by atoms with van der Waals surface area (Å²) >= 11 is 0. The number of alkyl halides is 2. The van der Waals surface area contributed by atoms with Crippen molar-refractivity contribution in [2.75, 3.05) is 29.6 Å². The van der Waals surface area contributed by atoms with E-state index in [0.29, 0.717) is 29.5 Å². The lowest BCUT2D eigenvalue weighted by Gasteiger charge is -2.26. The number of anilines is 2. The van der Waals surface area contributed by atoms with E-state index in [4.69, 9.17) is 0 Å². The van der Waals surface area contributed by atoms with E-state index in [0.717, 1.165) is 10.5 Å². The van der Waals surface area contributed by atoms with Gasteiger partial charge in [-0.2, -0.15) is 9.97 Å². The molecule has 162 valence electrons. The molecule has 3 heterocycles. The Morgan fingerprint density at radius 1 is 1.27 bits per heavy atom. The molecule has 0 saturated carbocycles. The molecule has 1 atom stereocenters. The topological polar surface area (TPSA) is 78.8 Å². The molecule has 0 amide bonds. The van der Waals surface area contributed by atoms with Crippen LogP contribution in [-0.4, -0.2) is 54.8 Å². The number of rotatable bonds is 5. The molecule has 1 aromatic carbocycles. The van der Waals surface area contributed by atoms with Gasteiger partial charge in [-0.1, -0.05) is 18.2 Å². The Bertz CT molecular complexity index is 1100. The first-order valence-electron chi connectivity index (χ1n) is 9.81. The number of nitrogens with one attached hydrogen (secondary N) is 2. The van der Waals surface area contributed by atoms with Crippen LogP contribution in [0.5, 0.6) is 0 Å². The molecule has 4 rings (SSSR count). The van der Waals surface area contributed by atoms with Crippen LogP contribution in [0.4, 0.5) is 20.5 Å². The van der Waals surface area contributed by atoms with Crippen LogP contribution in [0.1, 0.15) is 32.8 Å². The van der Waals surface area contributed by atoms with Gasteiger partial charge in [-0.3, -0.25) is 14.0 Å². The highest BCUT2D eigenvalue weighted by Crippen LogP contribution is 2.34. The lowest BCUT2D eigenvalue weighted by molar-refractivity contribution is 0.0257. The van der Waals surface area contributed by atoms with Gasteiger partial charge < -0.3 is 10.2 Å². The third-order valence-electron chi connectivity index (χ3n) is 4.94. The third-order valence-corrected chi connectivity index (χ3v) is 5.96. The standard InChI is InChI=1S/C20H26F2N6OS/c1-19(2,3)25-18-23-16(27-10-9-20(21,22)12-27)15-17(24-18)28(26-15)11-13-7-5-6-8-14(13)30(4)29/h5-8,26H,9-12H2,1-4H3,(H,23,24,25). The first kappa shape index (κ1) is 20.8. The lowest BCUT2D eigenvalue weighted by Crippen LogP contribution is -2.31. The van der Waals surface area contributed by atoms with Crippen LogP contribution in [-0.2, 0) is 17.3 Å². The zero-order chi connectivity index (χ0) is 21.7. The van der Waals surface area contributed by atoms with Gasteiger partial charge in [0.25, 0.3) is 5.92 Å². The number of hydrogen-bond acceptors (Lipinski definition) is 5. The summed E-state index contributed by atoms with van der Waals surface area (Å²) in [6.07, 6.45) is 1.46. The van der Waals surface area contributed by atoms with Gasteiger partial charge in [0.15, 0.2) is 11.5 Å². The fourth-order valence-corrected chi connectivity index (χ4v) is 4.38. The van der Waals surface area contributed by atoms with Gasteiger partial charge in [-0.25, -0.2) is 8.78 Å². The quantitative estimate of drug-likeness (QED) is 0.639. The molecule has 3 aromatic rings. The summed E-state index contributed by atoms with van der Waals surface area (Å²) in [5.74, 6) is -1.85. The molecule has 7 nitrogen and oxygen atoms in total. The number of benzene rings is 1. The Labute approximate surface area is 176 Å². The highest BCUT2D eigenvalue weighted by atomic mass is 32.2. The Hall–Kier alpha value is -2.49. The number of halogens is 2. The third kappa shape index (κ3) is 4.19. The molecule has 2 N–H and O–H groups in total. The van der Waals surface area contributed by atoms with Crippen molar-refractivity contribution >= 4 is 33.7 Å². The maximum Gasteiger partial charge on any atom is 0.266 e. The minimum atomic E-state index is -2.72. The Balaban J connectivity index is 1.74. The van der Waals surface area contributed by atoms with Crippen molar-refractivity contribution in [3.8, 4) is 0 Å². The highest BCUT2D eigenvalue weighted by molar-refractivity contribution is 7.84. The smallest absolute Gasteiger partial charge is 0.266 e. The first-order chi connectivity index (χ1) is 14.0. The van der Waals surface area contributed by atoms with Gasteiger partial charge in [-0.05, 0) is 32.4 Å². The average molecular weight is 437 g/mol. The SMILES string of the molecule is CS(=O)c1ccccc1Cn1[nH]c2c(N3CCC(F)(F)C3)nc(NC(C)(C)C)nc21. The van der Waals surface area contributed by atoms with Gasteiger partial charge >= 0.3 is 0 Å². The monoisotopic (exact) mass is 436 g/mol. The normalized spacial score (nSPS) is 17.6. The largest absolute Gasteiger partial charge is 0.350 e. The van der Waals surface area contributed by atoms with Gasteiger partial charge in [0.2, 0.25) is 5.95 Å². The number of aromatic amines is 1. The molecular weight excluding hydrogens is 410 g/mol. The summed E-state index contributed by atoms with van der Waals surface area (Å²) < 4.78 is 41.5. The van der Waals surface area contributed by atoms with E-state index in [1.165, 1.54) is 0 Å².